The predicted octanol–water partition coefficient (Wildman–Crippen LogP) is 3.47. The maximum absolute atomic E-state index is 6.15. The molecule has 0 saturated carbocycles. The number of hydrogen-bond donors (Lipinski definition) is 2. The number of rotatable bonds is 3. The van der Waals surface area contributed by atoms with Crippen molar-refractivity contribution in [3.8, 4) is 0 Å². The number of halogens is 2. The van der Waals surface area contributed by atoms with E-state index in [4.69, 9.17) is 23.2 Å². The van der Waals surface area contributed by atoms with Crippen molar-refractivity contribution in [2.24, 2.45) is 0 Å². The van der Waals surface area contributed by atoms with Crippen LogP contribution in [0.15, 0.2) is 12.1 Å². The van der Waals surface area contributed by atoms with Crippen molar-refractivity contribution < 1.29 is 0 Å². The zero-order valence-electron chi connectivity index (χ0n) is 9.32. The second-order valence-corrected chi connectivity index (χ2v) is 5.07. The fourth-order valence-electron chi connectivity index (χ4n) is 1.95. The second kappa shape index (κ2) is 5.26. The molecular weight excluding hydrogens is 243 g/mol. The quantitative estimate of drug-likeness (QED) is 0.868. The van der Waals surface area contributed by atoms with Crippen LogP contribution >= 0.6 is 23.2 Å². The number of anilines is 1. The molecule has 0 spiro atoms. The summed E-state index contributed by atoms with van der Waals surface area (Å²) in [6, 6.07) is 4.35. The zero-order chi connectivity index (χ0) is 11.5. The topological polar surface area (TPSA) is 24.1 Å². The highest BCUT2D eigenvalue weighted by molar-refractivity contribution is 6.35. The van der Waals surface area contributed by atoms with Gasteiger partial charge in [0.25, 0.3) is 0 Å². The molecule has 2 N–H and O–H groups in total. The Kier molecular flexibility index (Phi) is 3.95. The van der Waals surface area contributed by atoms with Crippen molar-refractivity contribution in [2.45, 2.75) is 25.8 Å². The minimum absolute atomic E-state index is 0.552. The number of hydrogen-bond acceptors (Lipinski definition) is 2. The van der Waals surface area contributed by atoms with Gasteiger partial charge in [-0.15, -0.1) is 0 Å². The average molecular weight is 259 g/mol. The van der Waals surface area contributed by atoms with E-state index in [1.54, 1.807) is 0 Å². The van der Waals surface area contributed by atoms with Gasteiger partial charge in [-0.05, 0) is 44.0 Å². The third kappa shape index (κ3) is 2.82. The monoisotopic (exact) mass is 258 g/mol. The Bertz CT molecular complexity index is 374. The van der Waals surface area contributed by atoms with E-state index in [2.05, 4.69) is 10.6 Å². The molecule has 1 aromatic rings. The largest absolute Gasteiger partial charge is 0.382 e. The van der Waals surface area contributed by atoms with Gasteiger partial charge in [0.15, 0.2) is 0 Å². The van der Waals surface area contributed by atoms with Crippen molar-refractivity contribution in [3.05, 3.63) is 27.7 Å². The van der Waals surface area contributed by atoms with E-state index in [0.29, 0.717) is 6.04 Å². The lowest BCUT2D eigenvalue weighted by molar-refractivity contribution is 0.633. The summed E-state index contributed by atoms with van der Waals surface area (Å²) in [7, 11) is 0. The Labute approximate surface area is 106 Å². The Morgan fingerprint density at radius 2 is 2.19 bits per heavy atom. The van der Waals surface area contributed by atoms with Crippen LogP contribution in [0.2, 0.25) is 10.0 Å². The van der Waals surface area contributed by atoms with Crippen molar-refractivity contribution in [1.29, 1.82) is 0 Å². The SMILES string of the molecule is Cc1cc(Cl)c(NCC2CCCN2)cc1Cl. The number of benzene rings is 1. The van der Waals surface area contributed by atoms with Crippen LogP contribution in [-0.2, 0) is 0 Å². The summed E-state index contributed by atoms with van der Waals surface area (Å²) >= 11 is 12.2. The van der Waals surface area contributed by atoms with E-state index in [1.807, 2.05) is 19.1 Å². The second-order valence-electron chi connectivity index (χ2n) is 4.26. The minimum atomic E-state index is 0.552. The molecule has 2 nitrogen and oxygen atoms in total. The van der Waals surface area contributed by atoms with Crippen molar-refractivity contribution in [1.82, 2.24) is 5.32 Å². The molecule has 1 aliphatic rings. The van der Waals surface area contributed by atoms with E-state index >= 15 is 0 Å². The lowest BCUT2D eigenvalue weighted by Gasteiger charge is -2.14. The molecule has 2 rings (SSSR count). The fourth-order valence-corrected chi connectivity index (χ4v) is 2.39. The van der Waals surface area contributed by atoms with Crippen LogP contribution in [0.25, 0.3) is 0 Å². The van der Waals surface area contributed by atoms with Gasteiger partial charge in [0.2, 0.25) is 0 Å². The molecule has 0 aromatic heterocycles. The van der Waals surface area contributed by atoms with Gasteiger partial charge in [-0.2, -0.15) is 0 Å². The van der Waals surface area contributed by atoms with Gasteiger partial charge in [0, 0.05) is 17.6 Å². The van der Waals surface area contributed by atoms with Gasteiger partial charge in [0.05, 0.1) is 10.7 Å². The Morgan fingerprint density at radius 3 is 2.88 bits per heavy atom. The highest BCUT2D eigenvalue weighted by Gasteiger charge is 2.14. The minimum Gasteiger partial charge on any atom is -0.382 e. The van der Waals surface area contributed by atoms with E-state index in [0.717, 1.165) is 34.4 Å². The molecule has 88 valence electrons. The van der Waals surface area contributed by atoms with E-state index in [1.165, 1.54) is 12.8 Å². The number of nitrogens with one attached hydrogen (secondary N) is 2. The van der Waals surface area contributed by atoms with Crippen molar-refractivity contribution >= 4 is 28.9 Å². The normalized spacial score (nSPS) is 20.1. The maximum Gasteiger partial charge on any atom is 0.0641 e. The van der Waals surface area contributed by atoms with Gasteiger partial charge in [-0.3, -0.25) is 0 Å². The molecule has 0 amide bonds. The van der Waals surface area contributed by atoms with Crippen LogP contribution in [0.5, 0.6) is 0 Å². The van der Waals surface area contributed by atoms with Crippen molar-refractivity contribution in [2.75, 3.05) is 18.4 Å². The van der Waals surface area contributed by atoms with Crippen LogP contribution in [0.3, 0.4) is 0 Å². The number of aryl methyl sites for hydroxylation is 1. The van der Waals surface area contributed by atoms with Crippen LogP contribution < -0.4 is 10.6 Å². The third-order valence-electron chi connectivity index (χ3n) is 2.95. The van der Waals surface area contributed by atoms with E-state index < -0.39 is 0 Å². The van der Waals surface area contributed by atoms with Crippen LogP contribution in [-0.4, -0.2) is 19.1 Å². The highest BCUT2D eigenvalue weighted by Crippen LogP contribution is 2.28. The summed E-state index contributed by atoms with van der Waals surface area (Å²) < 4.78 is 0. The van der Waals surface area contributed by atoms with E-state index in [9.17, 15) is 0 Å². The first kappa shape index (κ1) is 12.0. The first-order chi connectivity index (χ1) is 7.66. The fraction of sp³-hybridized carbons (Fsp3) is 0.500. The molecule has 0 radical (unpaired) electrons. The molecule has 4 heteroatoms. The molecule has 1 aliphatic heterocycles. The first-order valence-corrected chi connectivity index (χ1v) is 6.35. The lowest BCUT2D eigenvalue weighted by Crippen LogP contribution is -2.29. The molecule has 1 atom stereocenters. The molecule has 0 bridgehead atoms. The summed E-state index contributed by atoms with van der Waals surface area (Å²) in [6.45, 7) is 3.98. The molecule has 1 unspecified atom stereocenters. The Hall–Kier alpha value is -0.440. The van der Waals surface area contributed by atoms with Gasteiger partial charge in [-0.25, -0.2) is 0 Å². The molecule has 1 aromatic carbocycles. The Balaban J connectivity index is 2.00. The Morgan fingerprint density at radius 1 is 1.38 bits per heavy atom. The molecule has 1 heterocycles. The molecule has 1 saturated heterocycles. The van der Waals surface area contributed by atoms with Crippen LogP contribution in [0, 0.1) is 6.92 Å². The maximum atomic E-state index is 6.15. The molecule has 16 heavy (non-hydrogen) atoms. The summed E-state index contributed by atoms with van der Waals surface area (Å²) in [5.74, 6) is 0. The van der Waals surface area contributed by atoms with Crippen LogP contribution in [0.4, 0.5) is 5.69 Å². The van der Waals surface area contributed by atoms with Gasteiger partial charge < -0.3 is 10.6 Å². The van der Waals surface area contributed by atoms with E-state index in [-0.39, 0.29) is 0 Å². The van der Waals surface area contributed by atoms with Crippen LogP contribution in [0.1, 0.15) is 18.4 Å². The van der Waals surface area contributed by atoms with Crippen molar-refractivity contribution in [3.63, 3.8) is 0 Å². The smallest absolute Gasteiger partial charge is 0.0641 e. The van der Waals surface area contributed by atoms with Gasteiger partial charge in [0.1, 0.15) is 0 Å². The summed E-state index contributed by atoms with van der Waals surface area (Å²) in [4.78, 5) is 0. The predicted molar refractivity (Wildman–Crippen MR) is 70.7 cm³/mol. The molecular formula is C12H16Cl2N2. The summed E-state index contributed by atoms with van der Waals surface area (Å²) in [5.41, 5.74) is 1.93. The first-order valence-electron chi connectivity index (χ1n) is 5.59. The zero-order valence-corrected chi connectivity index (χ0v) is 10.8. The lowest BCUT2D eigenvalue weighted by atomic mass is 10.2. The van der Waals surface area contributed by atoms with Gasteiger partial charge in [-0.1, -0.05) is 23.2 Å². The highest BCUT2D eigenvalue weighted by atomic mass is 35.5. The third-order valence-corrected chi connectivity index (χ3v) is 3.67. The van der Waals surface area contributed by atoms with Gasteiger partial charge >= 0.3 is 0 Å². The summed E-state index contributed by atoms with van der Waals surface area (Å²) in [5, 5.41) is 8.27. The standard InChI is InChI=1S/C12H16Cl2N2/c1-8-5-11(14)12(6-10(8)13)16-7-9-3-2-4-15-9/h5-6,9,15-16H,2-4,7H2,1H3. The molecule has 0 aliphatic carbocycles. The summed E-state index contributed by atoms with van der Waals surface area (Å²) in [6.07, 6.45) is 2.49. The average Bonchev–Trinajstić information content (AvgIpc) is 2.74. The molecule has 1 fully saturated rings.